The molecule has 0 spiro atoms. The zero-order valence-electron chi connectivity index (χ0n) is 11.3. The molecule has 0 fully saturated rings. The highest BCUT2D eigenvalue weighted by Crippen LogP contribution is 2.23. The normalized spacial score (nSPS) is 12.4. The van der Waals surface area contributed by atoms with Gasteiger partial charge in [0.1, 0.15) is 17.3 Å². The van der Waals surface area contributed by atoms with Crippen molar-refractivity contribution < 1.29 is 13.2 Å². The molecule has 0 saturated heterocycles. The summed E-state index contributed by atoms with van der Waals surface area (Å²) in [5, 5.41) is 13.2. The van der Waals surface area contributed by atoms with Gasteiger partial charge in [-0.25, -0.2) is 8.78 Å². The van der Waals surface area contributed by atoms with E-state index in [-0.39, 0.29) is 17.7 Å². The molecular formula is C13H16F2N4O. The predicted molar refractivity (Wildman–Crippen MR) is 70.6 cm³/mol. The van der Waals surface area contributed by atoms with Gasteiger partial charge < -0.3 is 15.1 Å². The van der Waals surface area contributed by atoms with Gasteiger partial charge in [0.2, 0.25) is 5.89 Å². The summed E-state index contributed by atoms with van der Waals surface area (Å²) >= 11 is 0. The van der Waals surface area contributed by atoms with Gasteiger partial charge in [0.05, 0.1) is 6.04 Å². The summed E-state index contributed by atoms with van der Waals surface area (Å²) in [6, 6.07) is 3.41. The average molecular weight is 282 g/mol. The van der Waals surface area contributed by atoms with Crippen LogP contribution in [0.1, 0.15) is 32.2 Å². The Morgan fingerprint density at radius 3 is 2.60 bits per heavy atom. The summed E-state index contributed by atoms with van der Waals surface area (Å²) in [6.07, 6.45) is 0.976. The quantitative estimate of drug-likeness (QED) is 0.852. The van der Waals surface area contributed by atoms with E-state index in [1.54, 1.807) is 0 Å². The van der Waals surface area contributed by atoms with E-state index in [1.807, 2.05) is 13.8 Å². The molecule has 2 rings (SSSR count). The number of hydrogen-bond donors (Lipinski definition) is 2. The third-order valence-corrected chi connectivity index (χ3v) is 2.71. The number of nitrogens with zero attached hydrogens (tertiary/aromatic N) is 2. The van der Waals surface area contributed by atoms with Gasteiger partial charge in [0.15, 0.2) is 0 Å². The molecule has 0 amide bonds. The van der Waals surface area contributed by atoms with Gasteiger partial charge in [0, 0.05) is 0 Å². The second-order valence-corrected chi connectivity index (χ2v) is 4.34. The first-order valence-corrected chi connectivity index (χ1v) is 6.39. The zero-order chi connectivity index (χ0) is 14.5. The maximum Gasteiger partial charge on any atom is 0.320 e. The van der Waals surface area contributed by atoms with Crippen LogP contribution in [-0.4, -0.2) is 16.7 Å². The van der Waals surface area contributed by atoms with Gasteiger partial charge in [-0.2, -0.15) is 0 Å². The van der Waals surface area contributed by atoms with Crippen LogP contribution in [0.25, 0.3) is 0 Å². The van der Waals surface area contributed by atoms with Crippen LogP contribution >= 0.6 is 0 Å². The maximum absolute atomic E-state index is 13.5. The molecule has 0 bridgehead atoms. The van der Waals surface area contributed by atoms with Gasteiger partial charge in [-0.3, -0.25) is 0 Å². The fraction of sp³-hybridized carbons (Fsp3) is 0.385. The standard InChI is InChI=1S/C13H16F2N4O/c1-3-7-16-8(2)12-18-19-13(20-12)17-11-9(14)5-4-6-10(11)15/h4-6,8,16H,3,7H2,1-2H3,(H,17,19). The second kappa shape index (κ2) is 6.42. The summed E-state index contributed by atoms with van der Waals surface area (Å²) in [5.74, 6) is -1.08. The minimum atomic E-state index is -0.720. The van der Waals surface area contributed by atoms with Crippen molar-refractivity contribution in [2.75, 3.05) is 11.9 Å². The van der Waals surface area contributed by atoms with E-state index < -0.39 is 11.6 Å². The predicted octanol–water partition coefficient (Wildman–Crippen LogP) is 3.15. The lowest BCUT2D eigenvalue weighted by atomic mass is 10.3. The number of halogens is 2. The molecule has 0 aliphatic carbocycles. The fourth-order valence-corrected chi connectivity index (χ4v) is 1.63. The molecule has 2 N–H and O–H groups in total. The number of hydrogen-bond acceptors (Lipinski definition) is 5. The molecule has 1 aromatic heterocycles. The number of benzene rings is 1. The number of rotatable bonds is 6. The van der Waals surface area contributed by atoms with Crippen LogP contribution in [0.15, 0.2) is 22.6 Å². The Morgan fingerprint density at radius 1 is 1.25 bits per heavy atom. The molecule has 0 saturated carbocycles. The second-order valence-electron chi connectivity index (χ2n) is 4.34. The first kappa shape index (κ1) is 14.4. The summed E-state index contributed by atoms with van der Waals surface area (Å²) in [5.41, 5.74) is -0.308. The molecule has 2 aromatic rings. The smallest absolute Gasteiger partial charge is 0.320 e. The van der Waals surface area contributed by atoms with Gasteiger partial charge in [0.25, 0.3) is 0 Å². The first-order valence-electron chi connectivity index (χ1n) is 6.39. The van der Waals surface area contributed by atoms with Crippen LogP contribution in [-0.2, 0) is 0 Å². The van der Waals surface area contributed by atoms with Crippen molar-refractivity contribution in [2.24, 2.45) is 0 Å². The van der Waals surface area contributed by atoms with Crippen molar-refractivity contribution in [3.8, 4) is 0 Å². The lowest BCUT2D eigenvalue weighted by Gasteiger charge is -2.07. The molecule has 20 heavy (non-hydrogen) atoms. The Bertz CT molecular complexity index is 553. The molecule has 0 aliphatic heterocycles. The Morgan fingerprint density at radius 2 is 1.95 bits per heavy atom. The monoisotopic (exact) mass is 282 g/mol. The first-order chi connectivity index (χ1) is 9.61. The van der Waals surface area contributed by atoms with E-state index >= 15 is 0 Å². The summed E-state index contributed by atoms with van der Waals surface area (Å²) in [7, 11) is 0. The highest BCUT2D eigenvalue weighted by atomic mass is 19.1. The largest absolute Gasteiger partial charge is 0.406 e. The van der Waals surface area contributed by atoms with Gasteiger partial charge in [-0.15, -0.1) is 5.10 Å². The minimum Gasteiger partial charge on any atom is -0.406 e. The number of anilines is 2. The molecular weight excluding hydrogens is 266 g/mol. The highest BCUT2D eigenvalue weighted by Gasteiger charge is 2.15. The van der Waals surface area contributed by atoms with Crippen molar-refractivity contribution in [1.29, 1.82) is 0 Å². The number of aromatic nitrogens is 2. The maximum atomic E-state index is 13.5. The van der Waals surface area contributed by atoms with Crippen molar-refractivity contribution >= 4 is 11.7 Å². The summed E-state index contributed by atoms with van der Waals surface area (Å²) < 4.78 is 32.3. The molecule has 0 aliphatic rings. The van der Waals surface area contributed by atoms with E-state index in [4.69, 9.17) is 4.42 Å². The SMILES string of the molecule is CCCNC(C)c1nnc(Nc2c(F)cccc2F)o1. The molecule has 1 heterocycles. The number of para-hydroxylation sites is 1. The molecule has 108 valence electrons. The molecule has 1 atom stereocenters. The zero-order valence-corrected chi connectivity index (χ0v) is 11.3. The van der Waals surface area contributed by atoms with Crippen molar-refractivity contribution in [3.63, 3.8) is 0 Å². The van der Waals surface area contributed by atoms with Crippen molar-refractivity contribution in [2.45, 2.75) is 26.3 Å². The van der Waals surface area contributed by atoms with E-state index in [2.05, 4.69) is 20.8 Å². The Kier molecular flexibility index (Phi) is 4.62. The van der Waals surface area contributed by atoms with Gasteiger partial charge in [-0.1, -0.05) is 18.1 Å². The highest BCUT2D eigenvalue weighted by molar-refractivity contribution is 5.53. The van der Waals surface area contributed by atoms with E-state index in [1.165, 1.54) is 6.07 Å². The third-order valence-electron chi connectivity index (χ3n) is 2.71. The van der Waals surface area contributed by atoms with Crippen molar-refractivity contribution in [1.82, 2.24) is 15.5 Å². The average Bonchev–Trinajstić information content (AvgIpc) is 2.89. The lowest BCUT2D eigenvalue weighted by Crippen LogP contribution is -2.19. The van der Waals surface area contributed by atoms with Gasteiger partial charge >= 0.3 is 6.01 Å². The van der Waals surface area contributed by atoms with Crippen LogP contribution in [0.5, 0.6) is 0 Å². The van der Waals surface area contributed by atoms with Crippen LogP contribution in [0.4, 0.5) is 20.5 Å². The Balaban J connectivity index is 2.10. The van der Waals surface area contributed by atoms with Crippen LogP contribution in [0.3, 0.4) is 0 Å². The van der Waals surface area contributed by atoms with E-state index in [9.17, 15) is 8.78 Å². The molecule has 1 unspecified atom stereocenters. The van der Waals surface area contributed by atoms with E-state index in [0.717, 1.165) is 25.1 Å². The summed E-state index contributed by atoms with van der Waals surface area (Å²) in [6.45, 7) is 4.73. The molecule has 0 radical (unpaired) electrons. The third kappa shape index (κ3) is 3.30. The van der Waals surface area contributed by atoms with E-state index in [0.29, 0.717) is 5.89 Å². The minimum absolute atomic E-state index is 0.0471. The molecule has 5 nitrogen and oxygen atoms in total. The Labute approximate surface area is 115 Å². The fourth-order valence-electron chi connectivity index (χ4n) is 1.63. The number of nitrogens with one attached hydrogen (secondary N) is 2. The van der Waals surface area contributed by atoms with Crippen LogP contribution < -0.4 is 10.6 Å². The Hall–Kier alpha value is -2.02. The van der Waals surface area contributed by atoms with Gasteiger partial charge in [-0.05, 0) is 32.0 Å². The molecule has 7 heteroatoms. The topological polar surface area (TPSA) is 63.0 Å². The van der Waals surface area contributed by atoms with Crippen LogP contribution in [0, 0.1) is 11.6 Å². The van der Waals surface area contributed by atoms with Crippen molar-refractivity contribution in [3.05, 3.63) is 35.7 Å². The summed E-state index contributed by atoms with van der Waals surface area (Å²) in [4.78, 5) is 0. The lowest BCUT2D eigenvalue weighted by molar-refractivity contribution is 0.424. The molecule has 1 aromatic carbocycles. The van der Waals surface area contributed by atoms with Crippen LogP contribution in [0.2, 0.25) is 0 Å².